The molecule has 1 rings (SSSR count). The van der Waals surface area contributed by atoms with E-state index in [1.807, 2.05) is 0 Å². The SMILES string of the molecule is CC(C)(C)CCOC1CCCC1O. The summed E-state index contributed by atoms with van der Waals surface area (Å²) >= 11 is 0. The lowest BCUT2D eigenvalue weighted by molar-refractivity contribution is -0.0261. The lowest BCUT2D eigenvalue weighted by Crippen LogP contribution is -2.24. The van der Waals surface area contributed by atoms with Gasteiger partial charge in [-0.3, -0.25) is 0 Å². The van der Waals surface area contributed by atoms with Crippen LogP contribution in [0, 0.1) is 5.41 Å². The lowest BCUT2D eigenvalue weighted by atomic mass is 9.93. The molecule has 1 fully saturated rings. The largest absolute Gasteiger partial charge is 0.390 e. The molecule has 0 radical (unpaired) electrons. The molecule has 0 spiro atoms. The van der Waals surface area contributed by atoms with Gasteiger partial charge >= 0.3 is 0 Å². The molecule has 1 aliphatic carbocycles. The molecule has 0 aromatic rings. The van der Waals surface area contributed by atoms with E-state index < -0.39 is 0 Å². The quantitative estimate of drug-likeness (QED) is 0.733. The molecule has 0 aromatic heterocycles. The predicted octanol–water partition coefficient (Wildman–Crippen LogP) is 2.35. The van der Waals surface area contributed by atoms with Crippen LogP contribution < -0.4 is 0 Å². The van der Waals surface area contributed by atoms with Crippen LogP contribution >= 0.6 is 0 Å². The van der Waals surface area contributed by atoms with Crippen molar-refractivity contribution < 1.29 is 9.84 Å². The van der Waals surface area contributed by atoms with E-state index in [1.54, 1.807) is 0 Å². The van der Waals surface area contributed by atoms with Crippen molar-refractivity contribution in [1.29, 1.82) is 0 Å². The van der Waals surface area contributed by atoms with Crippen molar-refractivity contribution in [2.75, 3.05) is 6.61 Å². The van der Waals surface area contributed by atoms with E-state index in [0.717, 1.165) is 32.3 Å². The van der Waals surface area contributed by atoms with Crippen LogP contribution in [0.15, 0.2) is 0 Å². The summed E-state index contributed by atoms with van der Waals surface area (Å²) in [6.45, 7) is 7.41. The van der Waals surface area contributed by atoms with Crippen LogP contribution in [0.25, 0.3) is 0 Å². The molecule has 1 N–H and O–H groups in total. The van der Waals surface area contributed by atoms with E-state index in [9.17, 15) is 5.11 Å². The van der Waals surface area contributed by atoms with E-state index in [0.29, 0.717) is 5.41 Å². The van der Waals surface area contributed by atoms with Gasteiger partial charge in [0, 0.05) is 6.61 Å². The molecule has 0 heterocycles. The molecule has 2 nitrogen and oxygen atoms in total. The summed E-state index contributed by atoms with van der Waals surface area (Å²) in [5, 5.41) is 9.49. The Balaban J connectivity index is 2.12. The van der Waals surface area contributed by atoms with Gasteiger partial charge < -0.3 is 9.84 Å². The highest BCUT2D eigenvalue weighted by molar-refractivity contribution is 4.77. The number of aliphatic hydroxyl groups excluding tert-OH is 1. The second-order valence-electron chi connectivity index (χ2n) is 5.22. The molecule has 1 saturated carbocycles. The molecule has 1 aliphatic rings. The molecule has 78 valence electrons. The van der Waals surface area contributed by atoms with Crippen LogP contribution in [0.5, 0.6) is 0 Å². The highest BCUT2D eigenvalue weighted by atomic mass is 16.5. The van der Waals surface area contributed by atoms with Gasteiger partial charge in [-0.1, -0.05) is 20.8 Å². The van der Waals surface area contributed by atoms with Crippen molar-refractivity contribution in [3.63, 3.8) is 0 Å². The number of ether oxygens (including phenoxy) is 1. The second kappa shape index (κ2) is 4.43. The molecular weight excluding hydrogens is 164 g/mol. The van der Waals surface area contributed by atoms with Crippen molar-refractivity contribution in [2.24, 2.45) is 5.41 Å². The maximum Gasteiger partial charge on any atom is 0.0833 e. The van der Waals surface area contributed by atoms with Gasteiger partial charge in [0.2, 0.25) is 0 Å². The summed E-state index contributed by atoms with van der Waals surface area (Å²) in [6.07, 6.45) is 4.03. The number of hydrogen-bond donors (Lipinski definition) is 1. The van der Waals surface area contributed by atoms with E-state index in [1.165, 1.54) is 0 Å². The average molecular weight is 186 g/mol. The zero-order chi connectivity index (χ0) is 9.90. The average Bonchev–Trinajstić information content (AvgIpc) is 2.34. The van der Waals surface area contributed by atoms with E-state index in [2.05, 4.69) is 20.8 Å². The Hall–Kier alpha value is -0.0800. The topological polar surface area (TPSA) is 29.5 Å². The minimum atomic E-state index is -0.208. The zero-order valence-electron chi connectivity index (χ0n) is 9.05. The van der Waals surface area contributed by atoms with Crippen molar-refractivity contribution in [2.45, 2.75) is 58.7 Å². The Morgan fingerprint density at radius 1 is 1.31 bits per heavy atom. The van der Waals surface area contributed by atoms with Crippen LogP contribution in [0.2, 0.25) is 0 Å². The van der Waals surface area contributed by atoms with Crippen molar-refractivity contribution >= 4 is 0 Å². The summed E-state index contributed by atoms with van der Waals surface area (Å²) in [4.78, 5) is 0. The third-order valence-electron chi connectivity index (χ3n) is 2.60. The van der Waals surface area contributed by atoms with Crippen LogP contribution in [0.3, 0.4) is 0 Å². The second-order valence-corrected chi connectivity index (χ2v) is 5.22. The molecular formula is C11H22O2. The zero-order valence-corrected chi connectivity index (χ0v) is 9.05. The Morgan fingerprint density at radius 3 is 2.46 bits per heavy atom. The maximum atomic E-state index is 9.49. The first kappa shape index (κ1) is 11.0. The molecule has 13 heavy (non-hydrogen) atoms. The van der Waals surface area contributed by atoms with Crippen molar-refractivity contribution in [3.8, 4) is 0 Å². The fourth-order valence-electron chi connectivity index (χ4n) is 1.62. The summed E-state index contributed by atoms with van der Waals surface area (Å²) in [6, 6.07) is 0. The van der Waals surface area contributed by atoms with Gasteiger partial charge in [-0.25, -0.2) is 0 Å². The normalized spacial score (nSPS) is 29.5. The molecule has 2 unspecified atom stereocenters. The van der Waals surface area contributed by atoms with Crippen LogP contribution in [-0.2, 0) is 4.74 Å². The van der Waals surface area contributed by atoms with Gasteiger partial charge in [-0.15, -0.1) is 0 Å². The van der Waals surface area contributed by atoms with E-state index in [-0.39, 0.29) is 12.2 Å². The van der Waals surface area contributed by atoms with E-state index >= 15 is 0 Å². The molecule has 0 aliphatic heterocycles. The predicted molar refractivity (Wildman–Crippen MR) is 53.7 cm³/mol. The number of aliphatic hydroxyl groups is 1. The fraction of sp³-hybridized carbons (Fsp3) is 1.00. The third-order valence-corrected chi connectivity index (χ3v) is 2.60. The first-order valence-electron chi connectivity index (χ1n) is 5.29. The van der Waals surface area contributed by atoms with Crippen molar-refractivity contribution in [1.82, 2.24) is 0 Å². The summed E-state index contributed by atoms with van der Waals surface area (Å²) < 4.78 is 5.64. The van der Waals surface area contributed by atoms with Crippen LogP contribution in [0.1, 0.15) is 46.5 Å². The smallest absolute Gasteiger partial charge is 0.0833 e. The summed E-state index contributed by atoms with van der Waals surface area (Å²) in [5.41, 5.74) is 0.337. The minimum Gasteiger partial charge on any atom is -0.390 e. The minimum absolute atomic E-state index is 0.113. The maximum absolute atomic E-state index is 9.49. The van der Waals surface area contributed by atoms with Gasteiger partial charge in [-0.2, -0.15) is 0 Å². The first-order chi connectivity index (χ1) is 5.99. The fourth-order valence-corrected chi connectivity index (χ4v) is 1.62. The molecule has 2 atom stereocenters. The molecule has 0 aromatic carbocycles. The highest BCUT2D eigenvalue weighted by Crippen LogP contribution is 2.24. The number of hydrogen-bond acceptors (Lipinski definition) is 2. The van der Waals surface area contributed by atoms with E-state index in [4.69, 9.17) is 4.74 Å². The lowest BCUT2D eigenvalue weighted by Gasteiger charge is -2.21. The first-order valence-corrected chi connectivity index (χ1v) is 5.29. The van der Waals surface area contributed by atoms with Crippen LogP contribution in [0.4, 0.5) is 0 Å². The van der Waals surface area contributed by atoms with Crippen molar-refractivity contribution in [3.05, 3.63) is 0 Å². The van der Waals surface area contributed by atoms with Gasteiger partial charge in [0.15, 0.2) is 0 Å². The van der Waals surface area contributed by atoms with Gasteiger partial charge in [-0.05, 0) is 31.1 Å². The Morgan fingerprint density at radius 2 is 2.00 bits per heavy atom. The van der Waals surface area contributed by atoms with Crippen LogP contribution in [-0.4, -0.2) is 23.9 Å². The Kier molecular flexibility index (Phi) is 3.74. The molecule has 0 bridgehead atoms. The third kappa shape index (κ3) is 4.10. The van der Waals surface area contributed by atoms with Gasteiger partial charge in [0.1, 0.15) is 0 Å². The summed E-state index contributed by atoms with van der Waals surface area (Å²) in [5.74, 6) is 0. The monoisotopic (exact) mass is 186 g/mol. The standard InChI is InChI=1S/C11H22O2/c1-11(2,3)7-8-13-10-6-4-5-9(10)12/h9-10,12H,4-8H2,1-3H3. The molecule has 2 heteroatoms. The molecule has 0 amide bonds. The number of rotatable bonds is 3. The Bertz CT molecular complexity index is 149. The summed E-state index contributed by atoms with van der Waals surface area (Å²) in [7, 11) is 0. The Labute approximate surface area is 81.3 Å². The molecule has 0 saturated heterocycles. The highest BCUT2D eigenvalue weighted by Gasteiger charge is 2.25. The van der Waals surface area contributed by atoms with Gasteiger partial charge in [0.05, 0.1) is 12.2 Å². The van der Waals surface area contributed by atoms with Gasteiger partial charge in [0.25, 0.3) is 0 Å².